The minimum atomic E-state index is -1.06. The van der Waals surface area contributed by atoms with Gasteiger partial charge in [-0.25, -0.2) is 4.39 Å². The number of rotatable bonds is 8. The molecule has 1 saturated heterocycles. The molecule has 3 aromatic rings. The maximum atomic E-state index is 14.1. The van der Waals surface area contributed by atoms with Crippen LogP contribution in [-0.2, 0) is 22.6 Å². The Kier molecular flexibility index (Phi) is 8.09. The van der Waals surface area contributed by atoms with Gasteiger partial charge in [0.2, 0.25) is 12.7 Å². The number of amides is 2. The van der Waals surface area contributed by atoms with Crippen LogP contribution in [0.25, 0.3) is 0 Å². The molecule has 2 aliphatic heterocycles. The molecule has 212 valence electrons. The van der Waals surface area contributed by atoms with Crippen LogP contribution in [0.4, 0.5) is 4.39 Å². The summed E-state index contributed by atoms with van der Waals surface area (Å²) in [5, 5.41) is 2.99. The van der Waals surface area contributed by atoms with E-state index in [2.05, 4.69) is 10.2 Å². The second kappa shape index (κ2) is 11.7. The highest BCUT2D eigenvalue weighted by molar-refractivity contribution is 5.96. The van der Waals surface area contributed by atoms with E-state index >= 15 is 0 Å². The second-order valence-electron chi connectivity index (χ2n) is 11.0. The van der Waals surface area contributed by atoms with E-state index in [9.17, 15) is 14.0 Å². The van der Waals surface area contributed by atoms with E-state index in [1.807, 2.05) is 26.8 Å². The lowest BCUT2D eigenvalue weighted by atomic mass is 10.0. The molecule has 2 amide bonds. The molecule has 2 aromatic carbocycles. The summed E-state index contributed by atoms with van der Waals surface area (Å²) in [6.45, 7) is 9.17. The first-order chi connectivity index (χ1) is 19.2. The van der Waals surface area contributed by atoms with Gasteiger partial charge in [0.05, 0.1) is 19.8 Å². The molecule has 0 bridgehead atoms. The van der Waals surface area contributed by atoms with Gasteiger partial charge in [0, 0.05) is 25.2 Å². The number of hydrogen-bond donors (Lipinski definition) is 1. The van der Waals surface area contributed by atoms with Gasteiger partial charge in [-0.05, 0) is 68.3 Å². The first-order valence-electron chi connectivity index (χ1n) is 13.3. The van der Waals surface area contributed by atoms with Crippen LogP contribution in [-0.4, -0.2) is 60.2 Å². The molecule has 0 aliphatic carbocycles. The van der Waals surface area contributed by atoms with Gasteiger partial charge in [-0.1, -0.05) is 18.2 Å². The first kappa shape index (κ1) is 27.7. The normalized spacial score (nSPS) is 16.0. The van der Waals surface area contributed by atoms with E-state index in [-0.39, 0.29) is 19.1 Å². The number of nitrogens with zero attached hydrogens (tertiary/aromatic N) is 2. The molecule has 10 heteroatoms. The molecule has 0 spiro atoms. The lowest BCUT2D eigenvalue weighted by molar-refractivity contribution is -0.127. The Bertz CT molecular complexity index is 1340. The molecule has 3 heterocycles. The van der Waals surface area contributed by atoms with Crippen LogP contribution < -0.4 is 14.8 Å². The fourth-order valence-corrected chi connectivity index (χ4v) is 4.77. The van der Waals surface area contributed by atoms with Crippen molar-refractivity contribution in [2.24, 2.45) is 0 Å². The zero-order valence-electron chi connectivity index (χ0n) is 22.9. The second-order valence-corrected chi connectivity index (χ2v) is 11.0. The van der Waals surface area contributed by atoms with E-state index in [1.54, 1.807) is 24.3 Å². The number of hydrogen-bond acceptors (Lipinski definition) is 7. The van der Waals surface area contributed by atoms with Crippen molar-refractivity contribution in [2.75, 3.05) is 33.1 Å². The third kappa shape index (κ3) is 6.63. The van der Waals surface area contributed by atoms with Gasteiger partial charge in [0.25, 0.3) is 5.91 Å². The minimum Gasteiger partial charge on any atom is -0.455 e. The number of carbonyl (C=O) groups excluding carboxylic acids is 2. The lowest BCUT2D eigenvalue weighted by Crippen LogP contribution is -2.49. The Labute approximate surface area is 232 Å². The topological polar surface area (TPSA) is 93.5 Å². The third-order valence-corrected chi connectivity index (χ3v) is 6.65. The van der Waals surface area contributed by atoms with Gasteiger partial charge in [0.1, 0.15) is 17.6 Å². The van der Waals surface area contributed by atoms with Gasteiger partial charge in [0.15, 0.2) is 17.3 Å². The molecular weight excluding hydrogens is 517 g/mol. The quantitative estimate of drug-likeness (QED) is 0.447. The number of carbonyl (C=O) groups is 2. The standard InChI is InChI=1S/C30H34FN3O6/c1-30(2,3)32-28(35)27(21-5-7-22(31)8-6-21)34(17-20-4-10-24-26(16-20)39-19-38-24)29(36)25-11-9-23(40-25)18-33-12-14-37-15-13-33/h4-11,16,27H,12-15,17-19H2,1-3H3,(H,32,35)/t27-/m1/s1. The van der Waals surface area contributed by atoms with Crippen molar-refractivity contribution in [1.82, 2.24) is 15.1 Å². The number of halogens is 1. The summed E-state index contributed by atoms with van der Waals surface area (Å²) in [6.07, 6.45) is 0. The lowest BCUT2D eigenvalue weighted by Gasteiger charge is -2.33. The highest BCUT2D eigenvalue weighted by Gasteiger charge is 2.35. The average Bonchev–Trinajstić information content (AvgIpc) is 3.58. The van der Waals surface area contributed by atoms with Crippen molar-refractivity contribution in [3.8, 4) is 11.5 Å². The van der Waals surface area contributed by atoms with Crippen LogP contribution in [0.3, 0.4) is 0 Å². The van der Waals surface area contributed by atoms with Crippen LogP contribution in [0.1, 0.15) is 54.3 Å². The minimum absolute atomic E-state index is 0.0641. The average molecular weight is 552 g/mol. The summed E-state index contributed by atoms with van der Waals surface area (Å²) in [6, 6.07) is 13.3. The van der Waals surface area contributed by atoms with Crippen molar-refractivity contribution < 1.29 is 32.6 Å². The van der Waals surface area contributed by atoms with E-state index in [4.69, 9.17) is 18.6 Å². The first-order valence-corrected chi connectivity index (χ1v) is 13.3. The van der Waals surface area contributed by atoms with Gasteiger partial charge in [-0.2, -0.15) is 0 Å². The number of ether oxygens (including phenoxy) is 3. The monoisotopic (exact) mass is 551 g/mol. The predicted molar refractivity (Wildman–Crippen MR) is 144 cm³/mol. The largest absolute Gasteiger partial charge is 0.455 e. The SMILES string of the molecule is CC(C)(C)NC(=O)[C@@H](c1ccc(F)cc1)N(Cc1ccc2c(c1)OCO2)C(=O)c1ccc(CN2CCOCC2)o1. The maximum Gasteiger partial charge on any atom is 0.290 e. The molecule has 1 atom stereocenters. The zero-order valence-corrected chi connectivity index (χ0v) is 22.9. The Hall–Kier alpha value is -3.89. The predicted octanol–water partition coefficient (Wildman–Crippen LogP) is 4.28. The zero-order chi connectivity index (χ0) is 28.3. The van der Waals surface area contributed by atoms with Crippen molar-refractivity contribution in [1.29, 1.82) is 0 Å². The van der Waals surface area contributed by atoms with Gasteiger partial charge in [-0.15, -0.1) is 0 Å². The fourth-order valence-electron chi connectivity index (χ4n) is 4.77. The summed E-state index contributed by atoms with van der Waals surface area (Å²) >= 11 is 0. The molecule has 1 aromatic heterocycles. The van der Waals surface area contributed by atoms with E-state index < -0.39 is 29.2 Å². The molecular formula is C30H34FN3O6. The molecule has 40 heavy (non-hydrogen) atoms. The van der Waals surface area contributed by atoms with Gasteiger partial charge in [-0.3, -0.25) is 14.5 Å². The summed E-state index contributed by atoms with van der Waals surface area (Å²) in [7, 11) is 0. The van der Waals surface area contributed by atoms with Gasteiger partial charge >= 0.3 is 0 Å². The number of fused-ring (bicyclic) bond motifs is 1. The van der Waals surface area contributed by atoms with Crippen LogP contribution in [0.2, 0.25) is 0 Å². The Morgan fingerprint density at radius 1 is 1.00 bits per heavy atom. The van der Waals surface area contributed by atoms with E-state index in [1.165, 1.54) is 29.2 Å². The Morgan fingerprint density at radius 2 is 1.73 bits per heavy atom. The highest BCUT2D eigenvalue weighted by Crippen LogP contribution is 2.34. The van der Waals surface area contributed by atoms with Crippen molar-refractivity contribution in [3.05, 3.63) is 83.1 Å². The summed E-state index contributed by atoms with van der Waals surface area (Å²) in [5.41, 5.74) is 0.629. The van der Waals surface area contributed by atoms with E-state index in [0.29, 0.717) is 42.6 Å². The molecule has 1 N–H and O–H groups in total. The number of morpholine rings is 1. The molecule has 5 rings (SSSR count). The molecule has 9 nitrogen and oxygen atoms in total. The van der Waals surface area contributed by atoms with Crippen LogP contribution in [0.5, 0.6) is 11.5 Å². The third-order valence-electron chi connectivity index (χ3n) is 6.65. The summed E-state index contributed by atoms with van der Waals surface area (Å²) < 4.78 is 36.3. The summed E-state index contributed by atoms with van der Waals surface area (Å²) in [4.78, 5) is 31.5. The molecule has 2 aliphatic rings. The maximum absolute atomic E-state index is 14.1. The van der Waals surface area contributed by atoms with Crippen molar-refractivity contribution in [3.63, 3.8) is 0 Å². The van der Waals surface area contributed by atoms with E-state index in [0.717, 1.165) is 18.7 Å². The highest BCUT2D eigenvalue weighted by atomic mass is 19.1. The van der Waals surface area contributed by atoms with Crippen molar-refractivity contribution in [2.45, 2.75) is 45.4 Å². The number of benzene rings is 2. The number of nitrogens with one attached hydrogen (secondary N) is 1. The van der Waals surface area contributed by atoms with Crippen LogP contribution in [0, 0.1) is 5.82 Å². The van der Waals surface area contributed by atoms with Gasteiger partial charge < -0.3 is 28.8 Å². The molecule has 0 unspecified atom stereocenters. The Morgan fingerprint density at radius 3 is 2.45 bits per heavy atom. The smallest absolute Gasteiger partial charge is 0.290 e. The van der Waals surface area contributed by atoms with Crippen molar-refractivity contribution >= 4 is 11.8 Å². The number of furan rings is 1. The van der Waals surface area contributed by atoms with Crippen LogP contribution >= 0.6 is 0 Å². The Balaban J connectivity index is 1.50. The summed E-state index contributed by atoms with van der Waals surface area (Å²) in [5.74, 6) is 0.628. The van der Waals surface area contributed by atoms with Crippen LogP contribution in [0.15, 0.2) is 59.0 Å². The molecule has 0 saturated carbocycles. The molecule has 1 fully saturated rings. The fraction of sp³-hybridized carbons (Fsp3) is 0.400. The molecule has 0 radical (unpaired) electrons.